The highest BCUT2D eigenvalue weighted by Gasteiger charge is 2.17. The highest BCUT2D eigenvalue weighted by atomic mass is 35.5. The summed E-state index contributed by atoms with van der Waals surface area (Å²) < 4.78 is 1.79. The first kappa shape index (κ1) is 22.6. The van der Waals surface area contributed by atoms with E-state index in [-0.39, 0.29) is 18.1 Å². The third-order valence-corrected chi connectivity index (χ3v) is 6.00. The number of halogens is 1. The van der Waals surface area contributed by atoms with Crippen molar-refractivity contribution in [2.45, 2.75) is 18.5 Å². The van der Waals surface area contributed by atoms with Crippen LogP contribution in [0.25, 0.3) is 5.69 Å². The monoisotopic (exact) mass is 482 g/mol. The van der Waals surface area contributed by atoms with Crippen molar-refractivity contribution in [3.63, 3.8) is 0 Å². The molecule has 0 atom stereocenters. The van der Waals surface area contributed by atoms with Crippen LogP contribution in [0.5, 0.6) is 0 Å². The number of para-hydroxylation sites is 1. The van der Waals surface area contributed by atoms with E-state index < -0.39 is 11.2 Å². The second-order valence-corrected chi connectivity index (χ2v) is 8.51. The number of aryl methyl sites for hydroxylation is 1. The average Bonchev–Trinajstić information content (AvgIpc) is 3.17. The Bertz CT molecular complexity index is 1390. The summed E-state index contributed by atoms with van der Waals surface area (Å²) in [5, 5.41) is 12.4. The number of thioether (sulfide) groups is 1. The van der Waals surface area contributed by atoms with Gasteiger partial charge in [0.25, 0.3) is 5.56 Å². The van der Waals surface area contributed by atoms with Crippen molar-refractivity contribution in [1.29, 1.82) is 0 Å². The normalized spacial score (nSPS) is 10.8. The number of H-pyrrole nitrogens is 2. The van der Waals surface area contributed by atoms with Gasteiger partial charge in [-0.1, -0.05) is 47.6 Å². The van der Waals surface area contributed by atoms with Crippen LogP contribution in [0.1, 0.15) is 17.1 Å². The van der Waals surface area contributed by atoms with Crippen molar-refractivity contribution in [3.05, 3.63) is 97.5 Å². The van der Waals surface area contributed by atoms with E-state index in [0.717, 1.165) is 11.3 Å². The Kier molecular flexibility index (Phi) is 6.76. The maximum Gasteiger partial charge on any atom is 0.325 e. The predicted molar refractivity (Wildman–Crippen MR) is 127 cm³/mol. The molecular weight excluding hydrogens is 464 g/mol. The largest absolute Gasteiger partial charge is 0.325 e. The van der Waals surface area contributed by atoms with E-state index in [4.69, 9.17) is 11.6 Å². The number of benzene rings is 2. The fraction of sp³-hybridized carbons (Fsp3) is 0.136. The maximum absolute atomic E-state index is 12.5. The Labute approximate surface area is 197 Å². The van der Waals surface area contributed by atoms with E-state index in [1.165, 1.54) is 17.8 Å². The molecular formula is C22H19ClN6O3S. The average molecular weight is 483 g/mol. The van der Waals surface area contributed by atoms with Gasteiger partial charge in [0.1, 0.15) is 5.82 Å². The number of anilines is 1. The molecule has 33 heavy (non-hydrogen) atoms. The van der Waals surface area contributed by atoms with E-state index in [9.17, 15) is 14.4 Å². The number of hydrogen-bond acceptors (Lipinski definition) is 6. The summed E-state index contributed by atoms with van der Waals surface area (Å²) in [6.45, 7) is 1.89. The molecule has 2 heterocycles. The van der Waals surface area contributed by atoms with Gasteiger partial charge in [0.05, 0.1) is 5.75 Å². The van der Waals surface area contributed by atoms with E-state index in [1.54, 1.807) is 16.7 Å². The quantitative estimate of drug-likeness (QED) is 0.348. The third-order valence-electron chi connectivity index (χ3n) is 4.67. The Morgan fingerprint density at radius 3 is 2.61 bits per heavy atom. The molecule has 0 bridgehead atoms. The number of aromatic nitrogens is 5. The van der Waals surface area contributed by atoms with Crippen molar-refractivity contribution in [3.8, 4) is 5.69 Å². The molecule has 0 radical (unpaired) electrons. The number of hydrogen-bond donors (Lipinski definition) is 3. The van der Waals surface area contributed by atoms with Gasteiger partial charge in [-0.25, -0.2) is 4.79 Å². The molecule has 3 N–H and O–H groups in total. The van der Waals surface area contributed by atoms with Crippen LogP contribution in [0.15, 0.2) is 69.3 Å². The third kappa shape index (κ3) is 5.60. The molecule has 2 aromatic carbocycles. The Balaban J connectivity index is 1.56. The minimum atomic E-state index is -0.592. The van der Waals surface area contributed by atoms with Crippen LogP contribution in [0.2, 0.25) is 5.02 Å². The van der Waals surface area contributed by atoms with Crippen LogP contribution in [-0.4, -0.2) is 36.4 Å². The minimum absolute atomic E-state index is 0.0955. The van der Waals surface area contributed by atoms with Gasteiger partial charge in [-0.2, -0.15) is 0 Å². The molecule has 0 aliphatic heterocycles. The van der Waals surface area contributed by atoms with Crippen molar-refractivity contribution in [1.82, 2.24) is 24.7 Å². The second-order valence-electron chi connectivity index (χ2n) is 7.16. The van der Waals surface area contributed by atoms with E-state index >= 15 is 0 Å². The number of amides is 1. The molecule has 0 fully saturated rings. The van der Waals surface area contributed by atoms with E-state index in [0.29, 0.717) is 27.4 Å². The SMILES string of the molecule is Cc1ccc(NC(=O)CSc2nnc(Cc3cc(=O)[nH]c(=O)[nH]3)n2-c2ccccc2)cc1Cl. The molecule has 9 nitrogen and oxygen atoms in total. The van der Waals surface area contributed by atoms with Gasteiger partial charge in [-0.05, 0) is 36.8 Å². The number of carbonyl (C=O) groups is 1. The molecule has 4 aromatic rings. The van der Waals surface area contributed by atoms with E-state index in [2.05, 4.69) is 25.5 Å². The molecule has 11 heteroatoms. The lowest BCUT2D eigenvalue weighted by Crippen LogP contribution is -2.23. The fourth-order valence-corrected chi connectivity index (χ4v) is 4.08. The lowest BCUT2D eigenvalue weighted by atomic mass is 10.2. The lowest BCUT2D eigenvalue weighted by molar-refractivity contribution is -0.113. The van der Waals surface area contributed by atoms with Crippen LogP contribution >= 0.6 is 23.4 Å². The predicted octanol–water partition coefficient (Wildman–Crippen LogP) is 2.93. The maximum atomic E-state index is 12.5. The number of nitrogens with zero attached hydrogens (tertiary/aromatic N) is 3. The van der Waals surface area contributed by atoms with Crippen molar-refractivity contribution >= 4 is 35.0 Å². The molecule has 2 aromatic heterocycles. The zero-order valence-electron chi connectivity index (χ0n) is 17.5. The highest BCUT2D eigenvalue weighted by molar-refractivity contribution is 7.99. The molecule has 1 amide bonds. The molecule has 0 aliphatic rings. The highest BCUT2D eigenvalue weighted by Crippen LogP contribution is 2.24. The summed E-state index contributed by atoms with van der Waals surface area (Å²) in [5.41, 5.74) is 1.64. The molecule has 0 saturated carbocycles. The molecule has 0 unspecified atom stereocenters. The summed E-state index contributed by atoms with van der Waals surface area (Å²) in [5.74, 6) is 0.386. The van der Waals surface area contributed by atoms with Crippen LogP contribution in [0, 0.1) is 6.92 Å². The van der Waals surface area contributed by atoms with Crippen molar-refractivity contribution < 1.29 is 4.79 Å². The zero-order chi connectivity index (χ0) is 23.4. The lowest BCUT2D eigenvalue weighted by Gasteiger charge is -2.10. The smallest absolute Gasteiger partial charge is 0.325 e. The molecule has 168 valence electrons. The molecule has 0 spiro atoms. The molecule has 0 aliphatic carbocycles. The summed E-state index contributed by atoms with van der Waals surface area (Å²) in [6, 6.07) is 16.0. The topological polar surface area (TPSA) is 126 Å². The number of nitrogens with one attached hydrogen (secondary N) is 3. The van der Waals surface area contributed by atoms with Crippen LogP contribution in [-0.2, 0) is 11.2 Å². The summed E-state index contributed by atoms with van der Waals surface area (Å²) in [7, 11) is 0. The van der Waals surface area contributed by atoms with Gasteiger partial charge >= 0.3 is 5.69 Å². The van der Waals surface area contributed by atoms with Gasteiger partial charge in [-0.3, -0.25) is 19.1 Å². The van der Waals surface area contributed by atoms with Crippen LogP contribution < -0.4 is 16.6 Å². The first-order valence-corrected chi connectivity index (χ1v) is 11.3. The van der Waals surface area contributed by atoms with Crippen molar-refractivity contribution in [2.75, 3.05) is 11.1 Å². The molecule has 0 saturated heterocycles. The second kappa shape index (κ2) is 9.88. The fourth-order valence-electron chi connectivity index (χ4n) is 3.13. The summed E-state index contributed by atoms with van der Waals surface area (Å²) in [4.78, 5) is 40.5. The summed E-state index contributed by atoms with van der Waals surface area (Å²) >= 11 is 7.34. The van der Waals surface area contributed by atoms with Crippen molar-refractivity contribution in [2.24, 2.45) is 0 Å². The number of rotatable bonds is 7. The Morgan fingerprint density at radius 2 is 1.88 bits per heavy atom. The summed E-state index contributed by atoms with van der Waals surface area (Å²) in [6.07, 6.45) is 0.176. The van der Waals surface area contributed by atoms with Crippen LogP contribution in [0.3, 0.4) is 0 Å². The Morgan fingerprint density at radius 1 is 1.09 bits per heavy atom. The van der Waals surface area contributed by atoms with Gasteiger partial charge in [0.15, 0.2) is 5.16 Å². The minimum Gasteiger partial charge on any atom is -0.325 e. The first-order valence-electron chi connectivity index (χ1n) is 9.90. The standard InChI is InChI=1S/C22H19ClN6O3S/c1-13-7-8-14(9-17(13)23)24-20(31)12-33-22-28-27-18(29(22)16-5-3-2-4-6-16)10-15-11-19(30)26-21(32)25-15/h2-9,11H,10,12H2,1H3,(H,24,31)(H2,25,26,30,32). The van der Waals surface area contributed by atoms with Gasteiger partial charge in [-0.15, -0.1) is 10.2 Å². The molecule has 4 rings (SSSR count). The van der Waals surface area contributed by atoms with Crippen LogP contribution in [0.4, 0.5) is 5.69 Å². The van der Waals surface area contributed by atoms with Gasteiger partial charge in [0.2, 0.25) is 5.91 Å². The van der Waals surface area contributed by atoms with Gasteiger partial charge < -0.3 is 10.3 Å². The number of aromatic amines is 2. The Hall–Kier alpha value is -3.63. The van der Waals surface area contributed by atoms with E-state index in [1.807, 2.05) is 43.3 Å². The first-order chi connectivity index (χ1) is 15.9. The van der Waals surface area contributed by atoms with Gasteiger partial charge in [0, 0.05) is 34.6 Å². The zero-order valence-corrected chi connectivity index (χ0v) is 19.0. The number of carbonyl (C=O) groups excluding carboxylic acids is 1.